The Bertz CT molecular complexity index is 855. The number of hydrogen-bond acceptors (Lipinski definition) is 6. The summed E-state index contributed by atoms with van der Waals surface area (Å²) >= 11 is 5.66. The molecule has 130 valence electrons. The van der Waals surface area contributed by atoms with Gasteiger partial charge in [-0.15, -0.1) is 0 Å². The Kier molecular flexibility index (Phi) is 5.66. The molecule has 0 saturated heterocycles. The Morgan fingerprint density at radius 2 is 1.96 bits per heavy atom. The maximum atomic E-state index is 13.6. The molecule has 0 saturated carbocycles. The second kappa shape index (κ2) is 7.71. The van der Waals surface area contributed by atoms with Crippen LogP contribution in [0.1, 0.15) is 20.7 Å². The summed E-state index contributed by atoms with van der Waals surface area (Å²) in [7, 11) is 1.28. The van der Waals surface area contributed by atoms with Gasteiger partial charge in [0.25, 0.3) is 5.69 Å². The van der Waals surface area contributed by atoms with Gasteiger partial charge in [0.15, 0.2) is 24.0 Å². The number of carbonyl (C=O) groups excluding carboxylic acids is 2. The number of nitro groups is 1. The van der Waals surface area contributed by atoms with Crippen LogP contribution in [0.4, 0.5) is 10.1 Å². The van der Waals surface area contributed by atoms with Gasteiger partial charge in [-0.25, -0.2) is 9.18 Å². The predicted molar refractivity (Wildman–Crippen MR) is 85.7 cm³/mol. The zero-order chi connectivity index (χ0) is 18.6. The van der Waals surface area contributed by atoms with Crippen LogP contribution in [-0.4, -0.2) is 30.4 Å². The number of Topliss-reactive ketones (excluding diaryl/α,β-unsaturated/α-hetero) is 1. The van der Waals surface area contributed by atoms with Crippen LogP contribution in [0.25, 0.3) is 0 Å². The summed E-state index contributed by atoms with van der Waals surface area (Å²) in [5.74, 6) is -2.52. The molecular weight excluding hydrogens is 357 g/mol. The van der Waals surface area contributed by atoms with Crippen LogP contribution in [0.15, 0.2) is 36.4 Å². The van der Waals surface area contributed by atoms with Crippen molar-refractivity contribution in [2.75, 3.05) is 13.7 Å². The molecule has 0 fully saturated rings. The van der Waals surface area contributed by atoms with Crippen LogP contribution >= 0.6 is 11.6 Å². The summed E-state index contributed by atoms with van der Waals surface area (Å²) in [5, 5.41) is 11.0. The number of hydrogen-bond donors (Lipinski definition) is 0. The number of nitro benzene ring substituents is 1. The number of esters is 1. The van der Waals surface area contributed by atoms with Crippen LogP contribution in [0, 0.1) is 15.9 Å². The van der Waals surface area contributed by atoms with Gasteiger partial charge in [0.1, 0.15) is 5.56 Å². The zero-order valence-corrected chi connectivity index (χ0v) is 13.6. The summed E-state index contributed by atoms with van der Waals surface area (Å²) in [6.45, 7) is -0.704. The first kappa shape index (κ1) is 18.3. The van der Waals surface area contributed by atoms with Crippen molar-refractivity contribution < 1.29 is 28.4 Å². The first-order chi connectivity index (χ1) is 11.8. The standard InChI is InChI=1S/C16H11ClFNO6/c1-24-15-5-2-9(6-12(15)18)14(20)8-25-16(21)11-4-3-10(17)7-13(11)19(22)23/h2-7H,8H2,1H3. The average Bonchev–Trinajstić information content (AvgIpc) is 2.59. The summed E-state index contributed by atoms with van der Waals surface area (Å²) in [4.78, 5) is 34.1. The number of rotatable bonds is 6. The molecule has 9 heteroatoms. The van der Waals surface area contributed by atoms with E-state index in [1.165, 1.54) is 25.3 Å². The van der Waals surface area contributed by atoms with Gasteiger partial charge in [-0.2, -0.15) is 0 Å². The van der Waals surface area contributed by atoms with Crippen LogP contribution in [-0.2, 0) is 4.74 Å². The Morgan fingerprint density at radius 3 is 2.56 bits per heavy atom. The quantitative estimate of drug-likeness (QED) is 0.336. The SMILES string of the molecule is COc1ccc(C(=O)COC(=O)c2ccc(Cl)cc2[N+](=O)[O-])cc1F. The molecule has 0 N–H and O–H groups in total. The fourth-order valence-corrected chi connectivity index (χ4v) is 2.13. The average molecular weight is 368 g/mol. The van der Waals surface area contributed by atoms with Gasteiger partial charge in [-0.05, 0) is 30.3 Å². The van der Waals surface area contributed by atoms with E-state index in [2.05, 4.69) is 0 Å². The van der Waals surface area contributed by atoms with Crippen molar-refractivity contribution in [1.82, 2.24) is 0 Å². The summed E-state index contributed by atoms with van der Waals surface area (Å²) in [6.07, 6.45) is 0. The van der Waals surface area contributed by atoms with E-state index in [1.807, 2.05) is 0 Å². The molecule has 0 atom stereocenters. The van der Waals surface area contributed by atoms with E-state index in [0.717, 1.165) is 18.2 Å². The van der Waals surface area contributed by atoms with Crippen LogP contribution < -0.4 is 4.74 Å². The van der Waals surface area contributed by atoms with Gasteiger partial charge in [0.05, 0.1) is 12.0 Å². The predicted octanol–water partition coefficient (Wildman–Crippen LogP) is 3.44. The van der Waals surface area contributed by atoms with Crippen molar-refractivity contribution in [1.29, 1.82) is 0 Å². The van der Waals surface area contributed by atoms with E-state index in [1.54, 1.807) is 0 Å². The molecule has 7 nitrogen and oxygen atoms in total. The molecule has 2 aromatic carbocycles. The van der Waals surface area contributed by atoms with Crippen molar-refractivity contribution in [3.8, 4) is 5.75 Å². The van der Waals surface area contributed by atoms with Gasteiger partial charge in [-0.3, -0.25) is 14.9 Å². The molecule has 0 aromatic heterocycles. The molecule has 0 spiro atoms. The van der Waals surface area contributed by atoms with Crippen LogP contribution in [0.2, 0.25) is 5.02 Å². The van der Waals surface area contributed by atoms with Gasteiger partial charge in [0, 0.05) is 16.7 Å². The van der Waals surface area contributed by atoms with Gasteiger partial charge in [-0.1, -0.05) is 11.6 Å². The van der Waals surface area contributed by atoms with E-state index in [4.69, 9.17) is 21.1 Å². The Labute approximate surface area is 146 Å². The van der Waals surface area contributed by atoms with E-state index >= 15 is 0 Å². The lowest BCUT2D eigenvalue weighted by Gasteiger charge is -2.07. The Hall–Kier alpha value is -3.00. The maximum absolute atomic E-state index is 13.6. The molecule has 0 unspecified atom stereocenters. The lowest BCUT2D eigenvalue weighted by atomic mass is 10.1. The highest BCUT2D eigenvalue weighted by Crippen LogP contribution is 2.24. The largest absolute Gasteiger partial charge is 0.494 e. The number of ketones is 1. The van der Waals surface area contributed by atoms with Crippen molar-refractivity contribution in [3.63, 3.8) is 0 Å². The number of methoxy groups -OCH3 is 1. The minimum absolute atomic E-state index is 0.0308. The summed E-state index contributed by atoms with van der Waals surface area (Å²) in [6, 6.07) is 6.92. The first-order valence-electron chi connectivity index (χ1n) is 6.81. The monoisotopic (exact) mass is 367 g/mol. The van der Waals surface area contributed by atoms with Crippen molar-refractivity contribution in [3.05, 3.63) is 68.5 Å². The first-order valence-corrected chi connectivity index (χ1v) is 7.19. The lowest BCUT2D eigenvalue weighted by Crippen LogP contribution is -2.15. The molecule has 0 aliphatic rings. The van der Waals surface area contributed by atoms with Gasteiger partial charge < -0.3 is 9.47 Å². The maximum Gasteiger partial charge on any atom is 0.345 e. The highest BCUT2D eigenvalue weighted by molar-refractivity contribution is 6.31. The molecule has 0 amide bonds. The molecule has 0 radical (unpaired) electrons. The molecular formula is C16H11ClFNO6. The normalized spacial score (nSPS) is 10.2. The van der Waals surface area contributed by atoms with Gasteiger partial charge >= 0.3 is 5.97 Å². The second-order valence-electron chi connectivity index (χ2n) is 4.77. The zero-order valence-electron chi connectivity index (χ0n) is 12.8. The topological polar surface area (TPSA) is 95.7 Å². The van der Waals surface area contributed by atoms with Crippen LogP contribution in [0.5, 0.6) is 5.75 Å². The minimum Gasteiger partial charge on any atom is -0.494 e. The highest BCUT2D eigenvalue weighted by Gasteiger charge is 2.23. The molecule has 0 aliphatic carbocycles. The Balaban J connectivity index is 2.11. The fourth-order valence-electron chi connectivity index (χ4n) is 1.96. The summed E-state index contributed by atoms with van der Waals surface area (Å²) in [5.41, 5.74) is -0.916. The smallest absolute Gasteiger partial charge is 0.345 e. The number of halogens is 2. The number of carbonyl (C=O) groups is 2. The number of benzene rings is 2. The molecule has 0 heterocycles. The van der Waals surface area contributed by atoms with E-state index in [-0.39, 0.29) is 21.9 Å². The number of ether oxygens (including phenoxy) is 2. The third-order valence-electron chi connectivity index (χ3n) is 3.18. The molecule has 25 heavy (non-hydrogen) atoms. The van der Waals surface area contributed by atoms with Crippen molar-refractivity contribution in [2.45, 2.75) is 0 Å². The third kappa shape index (κ3) is 4.30. The summed E-state index contributed by atoms with van der Waals surface area (Å²) < 4.78 is 23.1. The molecule has 2 rings (SSSR count). The van der Waals surface area contributed by atoms with E-state index < -0.39 is 34.8 Å². The minimum atomic E-state index is -1.06. The van der Waals surface area contributed by atoms with Gasteiger partial charge in [0.2, 0.25) is 0 Å². The van der Waals surface area contributed by atoms with Crippen LogP contribution in [0.3, 0.4) is 0 Å². The molecule has 0 bridgehead atoms. The van der Waals surface area contributed by atoms with Crippen molar-refractivity contribution in [2.24, 2.45) is 0 Å². The third-order valence-corrected chi connectivity index (χ3v) is 3.42. The Morgan fingerprint density at radius 1 is 1.24 bits per heavy atom. The highest BCUT2D eigenvalue weighted by atomic mass is 35.5. The molecule has 2 aromatic rings. The fraction of sp³-hybridized carbons (Fsp3) is 0.125. The molecule has 0 aliphatic heterocycles. The van der Waals surface area contributed by atoms with E-state index in [0.29, 0.717) is 0 Å². The van der Waals surface area contributed by atoms with Crippen molar-refractivity contribution >= 4 is 29.0 Å². The second-order valence-corrected chi connectivity index (χ2v) is 5.20. The number of nitrogens with zero attached hydrogens (tertiary/aromatic N) is 1. The lowest BCUT2D eigenvalue weighted by molar-refractivity contribution is -0.385. The van der Waals surface area contributed by atoms with E-state index in [9.17, 15) is 24.1 Å².